The van der Waals surface area contributed by atoms with Gasteiger partial charge in [-0.15, -0.1) is 0 Å². The van der Waals surface area contributed by atoms with E-state index in [9.17, 15) is 9.90 Å². The molecular weight excluding hydrogens is 274 g/mol. The van der Waals surface area contributed by atoms with E-state index in [0.717, 1.165) is 18.4 Å². The molecule has 6 heteroatoms. The molecule has 0 aromatic heterocycles. The lowest BCUT2D eigenvalue weighted by Crippen LogP contribution is -2.38. The highest BCUT2D eigenvalue weighted by atomic mass is 16.5. The van der Waals surface area contributed by atoms with Crippen molar-refractivity contribution < 1.29 is 24.1 Å². The van der Waals surface area contributed by atoms with Crippen molar-refractivity contribution in [2.24, 2.45) is 5.92 Å². The monoisotopic (exact) mass is 295 g/mol. The van der Waals surface area contributed by atoms with Crippen molar-refractivity contribution in [2.75, 3.05) is 21.3 Å². The summed E-state index contributed by atoms with van der Waals surface area (Å²) in [7, 11) is 4.69. The number of carboxylic acids is 1. The maximum absolute atomic E-state index is 11.2. The molecule has 1 aliphatic rings. The van der Waals surface area contributed by atoms with Gasteiger partial charge in [-0.3, -0.25) is 10.1 Å². The van der Waals surface area contributed by atoms with Gasteiger partial charge in [0, 0.05) is 18.2 Å². The number of ether oxygens (including phenoxy) is 3. The molecule has 0 radical (unpaired) electrons. The molecule has 1 fully saturated rings. The summed E-state index contributed by atoms with van der Waals surface area (Å²) in [6.07, 6.45) is 1.93. The third kappa shape index (κ3) is 3.58. The molecule has 0 saturated heterocycles. The minimum atomic E-state index is -0.808. The summed E-state index contributed by atoms with van der Waals surface area (Å²) in [5.74, 6) is 1.23. The highest BCUT2D eigenvalue weighted by Gasteiger charge is 2.35. The highest BCUT2D eigenvalue weighted by molar-refractivity contribution is 5.74. The van der Waals surface area contributed by atoms with Crippen molar-refractivity contribution in [2.45, 2.75) is 25.4 Å². The number of nitrogens with one attached hydrogen (secondary N) is 1. The molecule has 0 heterocycles. The second kappa shape index (κ2) is 6.67. The van der Waals surface area contributed by atoms with Crippen molar-refractivity contribution in [3.05, 3.63) is 17.7 Å². The topological polar surface area (TPSA) is 77.0 Å². The summed E-state index contributed by atoms with van der Waals surface area (Å²) in [5.41, 5.74) is 0.835. The molecule has 1 aromatic rings. The number of benzene rings is 1. The van der Waals surface area contributed by atoms with Crippen molar-refractivity contribution in [3.63, 3.8) is 0 Å². The van der Waals surface area contributed by atoms with Gasteiger partial charge in [0.05, 0.1) is 21.3 Å². The Hall–Kier alpha value is -1.95. The first-order valence-electron chi connectivity index (χ1n) is 6.85. The normalized spacial score (nSPS) is 15.4. The summed E-state index contributed by atoms with van der Waals surface area (Å²) in [6, 6.07) is 3.03. The van der Waals surface area contributed by atoms with E-state index in [1.54, 1.807) is 33.5 Å². The molecule has 6 nitrogen and oxygen atoms in total. The number of carboxylic acid groups (broad SMARTS) is 1. The van der Waals surface area contributed by atoms with Crippen molar-refractivity contribution in [3.8, 4) is 17.2 Å². The summed E-state index contributed by atoms with van der Waals surface area (Å²) in [5, 5.41) is 12.3. The predicted octanol–water partition coefficient (Wildman–Crippen LogP) is 1.67. The number of rotatable bonds is 8. The summed E-state index contributed by atoms with van der Waals surface area (Å²) in [6.45, 7) is 0.400. The standard InChI is InChI=1S/C15H21NO5/c1-19-11-7-13(21-3)12(20-2)6-10(11)8-16-14(15(17)18)9-4-5-9/h6-7,9,14,16H,4-5,8H2,1-3H3,(H,17,18). The van der Waals surface area contributed by atoms with E-state index in [4.69, 9.17) is 14.2 Å². The first-order chi connectivity index (χ1) is 10.1. The Morgan fingerprint density at radius 2 is 1.76 bits per heavy atom. The zero-order valence-corrected chi connectivity index (χ0v) is 12.5. The molecule has 21 heavy (non-hydrogen) atoms. The molecule has 2 rings (SSSR count). The average Bonchev–Trinajstić information content (AvgIpc) is 3.31. The fourth-order valence-corrected chi connectivity index (χ4v) is 2.34. The first kappa shape index (κ1) is 15.4. The third-order valence-corrected chi connectivity index (χ3v) is 3.66. The van der Waals surface area contributed by atoms with Gasteiger partial charge in [0.1, 0.15) is 11.8 Å². The van der Waals surface area contributed by atoms with Crippen molar-refractivity contribution >= 4 is 5.97 Å². The Labute approximate surface area is 124 Å². The zero-order valence-electron chi connectivity index (χ0n) is 12.5. The van der Waals surface area contributed by atoms with Crippen LogP contribution in [0.25, 0.3) is 0 Å². The molecule has 116 valence electrons. The highest BCUT2D eigenvalue weighted by Crippen LogP contribution is 2.36. The Kier molecular flexibility index (Phi) is 4.90. The van der Waals surface area contributed by atoms with Crippen molar-refractivity contribution in [1.29, 1.82) is 0 Å². The molecule has 1 aliphatic carbocycles. The van der Waals surface area contributed by atoms with Crippen LogP contribution in [-0.4, -0.2) is 38.4 Å². The van der Waals surface area contributed by atoms with E-state index in [1.807, 2.05) is 0 Å². The van der Waals surface area contributed by atoms with Crippen LogP contribution in [0.4, 0.5) is 0 Å². The second-order valence-corrected chi connectivity index (χ2v) is 5.05. The van der Waals surface area contributed by atoms with E-state index >= 15 is 0 Å². The fourth-order valence-electron chi connectivity index (χ4n) is 2.34. The van der Waals surface area contributed by atoms with Gasteiger partial charge < -0.3 is 19.3 Å². The number of carbonyl (C=O) groups is 1. The second-order valence-electron chi connectivity index (χ2n) is 5.05. The van der Waals surface area contributed by atoms with Crippen LogP contribution in [0.3, 0.4) is 0 Å². The maximum atomic E-state index is 11.2. The van der Waals surface area contributed by atoms with Crippen LogP contribution in [0.5, 0.6) is 17.2 Å². The van der Waals surface area contributed by atoms with Crippen LogP contribution in [0.1, 0.15) is 18.4 Å². The van der Waals surface area contributed by atoms with Gasteiger partial charge in [-0.2, -0.15) is 0 Å². The van der Waals surface area contributed by atoms with Gasteiger partial charge in [-0.05, 0) is 24.8 Å². The Morgan fingerprint density at radius 1 is 1.19 bits per heavy atom. The quantitative estimate of drug-likeness (QED) is 0.759. The zero-order chi connectivity index (χ0) is 15.4. The predicted molar refractivity (Wildman–Crippen MR) is 77.1 cm³/mol. The molecule has 1 saturated carbocycles. The van der Waals surface area contributed by atoms with Crippen LogP contribution >= 0.6 is 0 Å². The van der Waals surface area contributed by atoms with Gasteiger partial charge in [0.15, 0.2) is 11.5 Å². The molecule has 0 amide bonds. The van der Waals surface area contributed by atoms with Crippen LogP contribution in [0.15, 0.2) is 12.1 Å². The van der Waals surface area contributed by atoms with E-state index < -0.39 is 12.0 Å². The molecule has 1 atom stereocenters. The Morgan fingerprint density at radius 3 is 2.24 bits per heavy atom. The lowest BCUT2D eigenvalue weighted by atomic mass is 10.1. The Bertz CT molecular complexity index is 513. The molecular formula is C15H21NO5. The van der Waals surface area contributed by atoms with Gasteiger partial charge in [-0.1, -0.05) is 0 Å². The fraction of sp³-hybridized carbons (Fsp3) is 0.533. The van der Waals surface area contributed by atoms with Crippen LogP contribution < -0.4 is 19.5 Å². The van der Waals surface area contributed by atoms with Gasteiger partial charge >= 0.3 is 5.97 Å². The molecule has 0 bridgehead atoms. The molecule has 2 N–H and O–H groups in total. The lowest BCUT2D eigenvalue weighted by Gasteiger charge is -2.17. The van der Waals surface area contributed by atoms with Gasteiger partial charge in [0.25, 0.3) is 0 Å². The number of hydrogen-bond acceptors (Lipinski definition) is 5. The smallest absolute Gasteiger partial charge is 0.320 e. The Balaban J connectivity index is 2.16. The summed E-state index contributed by atoms with van der Waals surface area (Å²) in [4.78, 5) is 11.2. The molecule has 0 aliphatic heterocycles. The van der Waals surface area contributed by atoms with Gasteiger partial charge in [-0.25, -0.2) is 0 Å². The number of hydrogen-bond donors (Lipinski definition) is 2. The average molecular weight is 295 g/mol. The van der Waals surface area contributed by atoms with Crippen LogP contribution in [0.2, 0.25) is 0 Å². The SMILES string of the molecule is COc1cc(OC)c(OC)cc1CNC(C(=O)O)C1CC1. The summed E-state index contributed by atoms with van der Waals surface area (Å²) >= 11 is 0. The van der Waals surface area contributed by atoms with Crippen LogP contribution in [0, 0.1) is 5.92 Å². The first-order valence-corrected chi connectivity index (χ1v) is 6.85. The minimum Gasteiger partial charge on any atom is -0.496 e. The molecule has 0 spiro atoms. The van der Waals surface area contributed by atoms with Gasteiger partial charge in [0.2, 0.25) is 0 Å². The third-order valence-electron chi connectivity index (χ3n) is 3.66. The molecule has 1 aromatic carbocycles. The minimum absolute atomic E-state index is 0.230. The van der Waals surface area contributed by atoms with E-state index in [2.05, 4.69) is 5.32 Å². The lowest BCUT2D eigenvalue weighted by molar-refractivity contribution is -0.140. The largest absolute Gasteiger partial charge is 0.496 e. The number of aliphatic carboxylic acids is 1. The van der Waals surface area contributed by atoms with Crippen molar-refractivity contribution in [1.82, 2.24) is 5.32 Å². The summed E-state index contributed by atoms with van der Waals surface area (Å²) < 4.78 is 15.8. The van der Waals surface area contributed by atoms with E-state index in [1.165, 1.54) is 0 Å². The number of methoxy groups -OCH3 is 3. The van der Waals surface area contributed by atoms with Crippen LogP contribution in [-0.2, 0) is 11.3 Å². The molecule has 1 unspecified atom stereocenters. The van der Waals surface area contributed by atoms with E-state index in [-0.39, 0.29) is 5.92 Å². The van der Waals surface area contributed by atoms with E-state index in [0.29, 0.717) is 23.8 Å². The maximum Gasteiger partial charge on any atom is 0.320 e.